The fourth-order valence-electron chi connectivity index (χ4n) is 1.19. The maximum atomic E-state index is 5.45. The van der Waals surface area contributed by atoms with E-state index in [0.717, 1.165) is 27.7 Å². The van der Waals surface area contributed by atoms with Crippen molar-refractivity contribution in [2.24, 2.45) is 5.73 Å². The fraction of sp³-hybridized carbons (Fsp3) is 0.300. The molecule has 0 bridgehead atoms. The summed E-state index contributed by atoms with van der Waals surface area (Å²) in [5, 5.41) is 10.1. The molecule has 78 valence electrons. The highest BCUT2D eigenvalue weighted by molar-refractivity contribution is 7.14. The van der Waals surface area contributed by atoms with Crippen molar-refractivity contribution in [3.63, 3.8) is 0 Å². The maximum absolute atomic E-state index is 5.45. The lowest BCUT2D eigenvalue weighted by atomic mass is 10.3. The van der Waals surface area contributed by atoms with Gasteiger partial charge in [0.15, 0.2) is 0 Å². The molecule has 2 rings (SSSR count). The number of aryl methyl sites for hydroxylation is 1. The molecular weight excluding hydrogens is 208 g/mol. The summed E-state index contributed by atoms with van der Waals surface area (Å²) >= 11 is 1.57. The Bertz CT molecular complexity index is 435. The van der Waals surface area contributed by atoms with E-state index >= 15 is 0 Å². The van der Waals surface area contributed by atoms with Crippen LogP contribution in [0.3, 0.4) is 0 Å². The quantitative estimate of drug-likeness (QED) is 0.849. The fourth-order valence-corrected chi connectivity index (χ4v) is 2.03. The SMILES string of the molecule is Cc1ccc(-c2nnc(CCN)s2)cn1. The molecule has 5 heteroatoms. The van der Waals surface area contributed by atoms with Gasteiger partial charge in [0.2, 0.25) is 0 Å². The molecule has 0 aliphatic heterocycles. The highest BCUT2D eigenvalue weighted by atomic mass is 32.1. The van der Waals surface area contributed by atoms with Gasteiger partial charge in [0.05, 0.1) is 0 Å². The van der Waals surface area contributed by atoms with Crippen LogP contribution in [-0.2, 0) is 6.42 Å². The smallest absolute Gasteiger partial charge is 0.149 e. The van der Waals surface area contributed by atoms with Crippen LogP contribution in [0.4, 0.5) is 0 Å². The van der Waals surface area contributed by atoms with Gasteiger partial charge in [-0.3, -0.25) is 4.98 Å². The molecule has 2 N–H and O–H groups in total. The number of aromatic nitrogens is 3. The molecule has 0 unspecified atom stereocenters. The summed E-state index contributed by atoms with van der Waals surface area (Å²) in [5.74, 6) is 0. The Morgan fingerprint density at radius 3 is 2.87 bits per heavy atom. The second-order valence-electron chi connectivity index (χ2n) is 3.23. The van der Waals surface area contributed by atoms with Gasteiger partial charge in [-0.1, -0.05) is 11.3 Å². The molecule has 4 nitrogen and oxygen atoms in total. The van der Waals surface area contributed by atoms with Gasteiger partial charge in [0, 0.05) is 23.9 Å². The Kier molecular flexibility index (Phi) is 3.03. The minimum Gasteiger partial charge on any atom is -0.330 e. The third-order valence-electron chi connectivity index (χ3n) is 1.98. The van der Waals surface area contributed by atoms with Crippen LogP contribution in [0, 0.1) is 6.92 Å². The van der Waals surface area contributed by atoms with Crippen LogP contribution < -0.4 is 5.73 Å². The predicted octanol–water partition coefficient (Wildman–Crippen LogP) is 1.41. The van der Waals surface area contributed by atoms with Crippen molar-refractivity contribution >= 4 is 11.3 Å². The van der Waals surface area contributed by atoms with Gasteiger partial charge < -0.3 is 5.73 Å². The standard InChI is InChI=1S/C10H12N4S/c1-7-2-3-8(6-12-7)10-14-13-9(15-10)4-5-11/h2-3,6H,4-5,11H2,1H3. The Morgan fingerprint density at radius 2 is 2.20 bits per heavy atom. The topological polar surface area (TPSA) is 64.7 Å². The molecule has 2 aromatic rings. The average Bonchev–Trinajstić information content (AvgIpc) is 2.68. The highest BCUT2D eigenvalue weighted by Gasteiger charge is 2.05. The molecule has 0 aliphatic rings. The van der Waals surface area contributed by atoms with Crippen molar-refractivity contribution in [1.29, 1.82) is 0 Å². The molecule has 0 amide bonds. The zero-order chi connectivity index (χ0) is 10.7. The van der Waals surface area contributed by atoms with Gasteiger partial charge in [-0.15, -0.1) is 10.2 Å². The average molecular weight is 220 g/mol. The summed E-state index contributed by atoms with van der Waals surface area (Å²) in [5.41, 5.74) is 7.48. The number of nitrogens with two attached hydrogens (primary N) is 1. The summed E-state index contributed by atoms with van der Waals surface area (Å²) in [6.07, 6.45) is 2.61. The van der Waals surface area contributed by atoms with E-state index in [1.165, 1.54) is 0 Å². The van der Waals surface area contributed by atoms with E-state index < -0.39 is 0 Å². The lowest BCUT2D eigenvalue weighted by Crippen LogP contribution is -2.01. The van der Waals surface area contributed by atoms with Crippen molar-refractivity contribution in [1.82, 2.24) is 15.2 Å². The van der Waals surface area contributed by atoms with Gasteiger partial charge in [-0.05, 0) is 25.6 Å². The van der Waals surface area contributed by atoms with Crippen LogP contribution in [0.25, 0.3) is 10.6 Å². The summed E-state index contributed by atoms with van der Waals surface area (Å²) in [7, 11) is 0. The number of nitrogens with zero attached hydrogens (tertiary/aromatic N) is 3. The molecule has 0 saturated heterocycles. The second-order valence-corrected chi connectivity index (χ2v) is 4.29. The number of rotatable bonds is 3. The van der Waals surface area contributed by atoms with E-state index in [-0.39, 0.29) is 0 Å². The Balaban J connectivity index is 2.25. The van der Waals surface area contributed by atoms with Gasteiger partial charge in [-0.25, -0.2) is 0 Å². The van der Waals surface area contributed by atoms with Crippen molar-refractivity contribution in [3.8, 4) is 10.6 Å². The molecule has 0 spiro atoms. The maximum Gasteiger partial charge on any atom is 0.149 e. The minimum atomic E-state index is 0.612. The van der Waals surface area contributed by atoms with Gasteiger partial charge >= 0.3 is 0 Å². The minimum absolute atomic E-state index is 0.612. The third kappa shape index (κ3) is 2.37. The molecule has 0 radical (unpaired) electrons. The predicted molar refractivity (Wildman–Crippen MR) is 60.6 cm³/mol. The van der Waals surface area contributed by atoms with Gasteiger partial charge in [-0.2, -0.15) is 0 Å². The third-order valence-corrected chi connectivity index (χ3v) is 3.02. The van der Waals surface area contributed by atoms with Crippen molar-refractivity contribution < 1.29 is 0 Å². The first-order valence-corrected chi connectivity index (χ1v) is 5.56. The summed E-state index contributed by atoms with van der Waals surface area (Å²) < 4.78 is 0. The molecular formula is C10H12N4S. The Hall–Kier alpha value is -1.33. The normalized spacial score (nSPS) is 10.5. The van der Waals surface area contributed by atoms with E-state index in [1.54, 1.807) is 11.3 Å². The number of hydrogen-bond acceptors (Lipinski definition) is 5. The molecule has 0 atom stereocenters. The van der Waals surface area contributed by atoms with Crippen molar-refractivity contribution in [3.05, 3.63) is 29.0 Å². The summed E-state index contributed by atoms with van der Waals surface area (Å²) in [6.45, 7) is 2.57. The molecule has 0 saturated carbocycles. The van der Waals surface area contributed by atoms with Crippen LogP contribution in [0.1, 0.15) is 10.7 Å². The monoisotopic (exact) mass is 220 g/mol. The lowest BCUT2D eigenvalue weighted by Gasteiger charge is -1.94. The zero-order valence-electron chi connectivity index (χ0n) is 8.47. The molecule has 0 aromatic carbocycles. The van der Waals surface area contributed by atoms with Crippen molar-refractivity contribution in [2.45, 2.75) is 13.3 Å². The van der Waals surface area contributed by atoms with E-state index in [2.05, 4.69) is 15.2 Å². The highest BCUT2D eigenvalue weighted by Crippen LogP contribution is 2.22. The molecule has 2 aromatic heterocycles. The van der Waals surface area contributed by atoms with Crippen LogP contribution in [-0.4, -0.2) is 21.7 Å². The zero-order valence-corrected chi connectivity index (χ0v) is 9.29. The summed E-state index contributed by atoms with van der Waals surface area (Å²) in [6, 6.07) is 3.98. The number of pyridine rings is 1. The van der Waals surface area contributed by atoms with Gasteiger partial charge in [0.25, 0.3) is 0 Å². The Labute approximate surface area is 92.2 Å². The molecule has 15 heavy (non-hydrogen) atoms. The summed E-state index contributed by atoms with van der Waals surface area (Å²) in [4.78, 5) is 4.22. The first-order valence-electron chi connectivity index (χ1n) is 4.75. The van der Waals surface area contributed by atoms with Crippen LogP contribution in [0.5, 0.6) is 0 Å². The van der Waals surface area contributed by atoms with E-state index in [1.807, 2.05) is 25.3 Å². The Morgan fingerprint density at radius 1 is 1.33 bits per heavy atom. The van der Waals surface area contributed by atoms with Gasteiger partial charge in [0.1, 0.15) is 10.0 Å². The van der Waals surface area contributed by atoms with Crippen LogP contribution in [0.15, 0.2) is 18.3 Å². The first-order chi connectivity index (χ1) is 7.29. The number of hydrogen-bond donors (Lipinski definition) is 1. The van der Waals surface area contributed by atoms with E-state index in [0.29, 0.717) is 6.54 Å². The largest absolute Gasteiger partial charge is 0.330 e. The van der Waals surface area contributed by atoms with Crippen LogP contribution in [0.2, 0.25) is 0 Å². The molecule has 2 heterocycles. The van der Waals surface area contributed by atoms with E-state index in [4.69, 9.17) is 5.73 Å². The second kappa shape index (κ2) is 4.46. The van der Waals surface area contributed by atoms with E-state index in [9.17, 15) is 0 Å². The first kappa shape index (κ1) is 10.2. The van der Waals surface area contributed by atoms with Crippen molar-refractivity contribution in [2.75, 3.05) is 6.54 Å². The molecule has 0 aliphatic carbocycles. The van der Waals surface area contributed by atoms with Crippen LogP contribution >= 0.6 is 11.3 Å². The molecule has 0 fully saturated rings. The lowest BCUT2D eigenvalue weighted by molar-refractivity contribution is 0.913.